The van der Waals surface area contributed by atoms with E-state index in [1.54, 1.807) is 6.07 Å². The minimum atomic E-state index is -3.54. The Morgan fingerprint density at radius 2 is 1.92 bits per heavy atom. The molecule has 142 valence electrons. The van der Waals surface area contributed by atoms with Crippen LogP contribution in [0.4, 0.5) is 0 Å². The number of carbonyl (C=O) groups excluding carboxylic acids is 1. The van der Waals surface area contributed by atoms with Crippen molar-refractivity contribution in [2.75, 3.05) is 0 Å². The Kier molecular flexibility index (Phi) is 5.14. The number of hydrogen-bond donors (Lipinski definition) is 0. The van der Waals surface area contributed by atoms with Crippen LogP contribution in [0.1, 0.15) is 70.2 Å². The maximum Gasteiger partial charge on any atom is 0.183 e. The number of carbonyl (C=O) groups is 1. The molecule has 3 rings (SSSR count). The van der Waals surface area contributed by atoms with Crippen molar-refractivity contribution in [2.45, 2.75) is 75.7 Å². The molecule has 1 aliphatic carbocycles. The van der Waals surface area contributed by atoms with Crippen LogP contribution in [0.2, 0.25) is 0 Å². The lowest BCUT2D eigenvalue weighted by Crippen LogP contribution is -2.47. The maximum absolute atomic E-state index is 13.0. The van der Waals surface area contributed by atoms with E-state index in [-0.39, 0.29) is 12.2 Å². The highest BCUT2D eigenvalue weighted by Crippen LogP contribution is 2.32. The maximum atomic E-state index is 13.0. The van der Waals surface area contributed by atoms with Gasteiger partial charge in [-0.15, -0.1) is 0 Å². The van der Waals surface area contributed by atoms with Gasteiger partial charge in [0.25, 0.3) is 0 Å². The average molecular weight is 379 g/mol. The van der Waals surface area contributed by atoms with Gasteiger partial charge in [0.05, 0.1) is 16.7 Å². The van der Waals surface area contributed by atoms with Gasteiger partial charge in [-0.2, -0.15) is 10.2 Å². The molecule has 0 saturated heterocycles. The van der Waals surface area contributed by atoms with E-state index in [4.69, 9.17) is 4.52 Å². The molecule has 0 bridgehead atoms. The molecule has 0 atom stereocenters. The fourth-order valence-corrected chi connectivity index (χ4v) is 5.65. The molecule has 0 spiro atoms. The van der Waals surface area contributed by atoms with Crippen LogP contribution in [-0.2, 0) is 14.6 Å². The number of sulfone groups is 1. The van der Waals surface area contributed by atoms with Crippen molar-refractivity contribution >= 4 is 27.0 Å². The number of aryl methyl sites for hydroxylation is 1. The molecule has 1 aliphatic heterocycles. The van der Waals surface area contributed by atoms with Crippen molar-refractivity contribution < 1.29 is 17.7 Å². The van der Waals surface area contributed by atoms with E-state index in [9.17, 15) is 13.2 Å². The lowest BCUT2D eigenvalue weighted by atomic mass is 9.99. The first-order chi connectivity index (χ1) is 12.2. The van der Waals surface area contributed by atoms with E-state index < -0.39 is 19.8 Å². The summed E-state index contributed by atoms with van der Waals surface area (Å²) in [5.74, 6) is 0.204. The van der Waals surface area contributed by atoms with Crippen molar-refractivity contribution in [2.24, 2.45) is 10.2 Å². The van der Waals surface area contributed by atoms with Gasteiger partial charge < -0.3 is 4.52 Å². The molecular weight excluding hydrogens is 354 g/mol. The number of rotatable bonds is 6. The third-order valence-electron chi connectivity index (χ3n) is 5.33. The first-order valence-electron chi connectivity index (χ1n) is 9.04. The van der Waals surface area contributed by atoms with Crippen LogP contribution in [0.15, 0.2) is 20.8 Å². The van der Waals surface area contributed by atoms with Crippen LogP contribution in [0.5, 0.6) is 0 Å². The third kappa shape index (κ3) is 3.51. The van der Waals surface area contributed by atoms with Crippen molar-refractivity contribution in [3.63, 3.8) is 0 Å². The van der Waals surface area contributed by atoms with Gasteiger partial charge in [0, 0.05) is 18.9 Å². The predicted octanol–water partition coefficient (Wildman–Crippen LogP) is 3.02. The van der Waals surface area contributed by atoms with Gasteiger partial charge in [-0.3, -0.25) is 4.79 Å². The first kappa shape index (κ1) is 18.9. The van der Waals surface area contributed by atoms with Gasteiger partial charge in [-0.05, 0) is 33.6 Å². The molecule has 1 fully saturated rings. The Bertz CT molecular complexity index is 859. The van der Waals surface area contributed by atoms with E-state index in [0.29, 0.717) is 36.4 Å². The fourth-order valence-electron chi connectivity index (χ4n) is 3.48. The minimum Gasteiger partial charge on any atom is -0.355 e. The smallest absolute Gasteiger partial charge is 0.183 e. The molecule has 1 aromatic heterocycles. The molecule has 1 saturated carbocycles. The van der Waals surface area contributed by atoms with Crippen LogP contribution < -0.4 is 0 Å². The molecule has 0 unspecified atom stereocenters. The van der Waals surface area contributed by atoms with Crippen LogP contribution in [-0.4, -0.2) is 40.8 Å². The van der Waals surface area contributed by atoms with Crippen molar-refractivity contribution in [3.8, 4) is 0 Å². The van der Waals surface area contributed by atoms with E-state index >= 15 is 0 Å². The highest BCUT2D eigenvalue weighted by molar-refractivity contribution is 7.94. The Balaban J connectivity index is 1.66. The summed E-state index contributed by atoms with van der Waals surface area (Å²) in [5.41, 5.74) is 1.92. The zero-order chi connectivity index (χ0) is 18.9. The molecule has 0 radical (unpaired) electrons. The van der Waals surface area contributed by atoms with Gasteiger partial charge in [0.15, 0.2) is 21.4 Å². The van der Waals surface area contributed by atoms with Crippen molar-refractivity contribution in [1.82, 2.24) is 5.16 Å². The number of aromatic nitrogens is 1. The largest absolute Gasteiger partial charge is 0.355 e. The second-order valence-corrected chi connectivity index (χ2v) is 10.4. The zero-order valence-corrected chi connectivity index (χ0v) is 16.3. The van der Waals surface area contributed by atoms with E-state index in [1.807, 2.05) is 6.92 Å². The predicted molar refractivity (Wildman–Crippen MR) is 99.3 cm³/mol. The van der Waals surface area contributed by atoms with Crippen molar-refractivity contribution in [3.05, 3.63) is 17.5 Å². The van der Waals surface area contributed by atoms with Crippen LogP contribution >= 0.6 is 0 Å². The normalized spacial score (nSPS) is 19.3. The molecule has 2 heterocycles. The third-order valence-corrected chi connectivity index (χ3v) is 8.33. The Labute approximate surface area is 153 Å². The average Bonchev–Trinajstić information content (AvgIpc) is 3.24. The van der Waals surface area contributed by atoms with Crippen LogP contribution in [0.25, 0.3) is 0 Å². The molecule has 0 amide bonds. The molecular formula is C18H25N3O4S. The van der Waals surface area contributed by atoms with Crippen LogP contribution in [0, 0.1) is 6.92 Å². The molecule has 8 heteroatoms. The zero-order valence-electron chi connectivity index (χ0n) is 15.5. The monoisotopic (exact) mass is 379 g/mol. The second kappa shape index (κ2) is 7.06. The minimum absolute atomic E-state index is 0.0148. The summed E-state index contributed by atoms with van der Waals surface area (Å²) in [5, 5.41) is 11.5. The standard InChI is InChI=1S/C18H25N3O4S/c1-12-9-16(25-21-12)15-10-13(19-20-15)11-17(22)18(2,3)26(23,24)14-7-5-4-6-8-14/h9,14H,4-8,10-11H2,1-3H3. The summed E-state index contributed by atoms with van der Waals surface area (Å²) in [6, 6.07) is 1.76. The topological polar surface area (TPSA) is 102 Å². The van der Waals surface area contributed by atoms with E-state index in [0.717, 1.165) is 25.0 Å². The van der Waals surface area contributed by atoms with Gasteiger partial charge >= 0.3 is 0 Å². The molecule has 0 aromatic carbocycles. The number of hydrogen-bond acceptors (Lipinski definition) is 7. The summed E-state index contributed by atoms with van der Waals surface area (Å²) in [7, 11) is -3.54. The van der Waals surface area contributed by atoms with Crippen LogP contribution in [0.3, 0.4) is 0 Å². The Morgan fingerprint density at radius 3 is 2.54 bits per heavy atom. The lowest BCUT2D eigenvalue weighted by molar-refractivity contribution is -0.119. The summed E-state index contributed by atoms with van der Waals surface area (Å²) in [4.78, 5) is 12.8. The van der Waals surface area contributed by atoms with E-state index in [2.05, 4.69) is 15.4 Å². The molecule has 1 aromatic rings. The van der Waals surface area contributed by atoms with Gasteiger partial charge in [0.1, 0.15) is 10.5 Å². The first-order valence-corrected chi connectivity index (χ1v) is 10.6. The van der Waals surface area contributed by atoms with Gasteiger partial charge in [-0.1, -0.05) is 24.4 Å². The molecule has 2 aliphatic rings. The van der Waals surface area contributed by atoms with E-state index in [1.165, 1.54) is 13.8 Å². The molecule has 0 N–H and O–H groups in total. The summed E-state index contributed by atoms with van der Waals surface area (Å²) < 4.78 is 29.8. The number of Topliss-reactive ketones (excluding diaryl/α,β-unsaturated/α-hetero) is 1. The highest BCUT2D eigenvalue weighted by atomic mass is 32.2. The van der Waals surface area contributed by atoms with Crippen molar-refractivity contribution in [1.29, 1.82) is 0 Å². The Morgan fingerprint density at radius 1 is 1.23 bits per heavy atom. The SMILES string of the molecule is Cc1cc(C2=NN=C(CC(=O)C(C)(C)S(=O)(=O)C3CCCCC3)C2)on1. The number of nitrogens with zero attached hydrogens (tertiary/aromatic N) is 3. The van der Waals surface area contributed by atoms with Gasteiger partial charge in [0.2, 0.25) is 0 Å². The Hall–Kier alpha value is -1.83. The second-order valence-electron chi connectivity index (χ2n) is 7.64. The summed E-state index contributed by atoms with van der Waals surface area (Å²) in [6.45, 7) is 4.86. The van der Waals surface area contributed by atoms with Gasteiger partial charge in [-0.25, -0.2) is 8.42 Å². The lowest BCUT2D eigenvalue weighted by Gasteiger charge is -2.31. The number of ketones is 1. The fraction of sp³-hybridized carbons (Fsp3) is 0.667. The highest BCUT2D eigenvalue weighted by Gasteiger charge is 2.46. The summed E-state index contributed by atoms with van der Waals surface area (Å²) in [6.07, 6.45) is 4.55. The molecule has 26 heavy (non-hydrogen) atoms. The summed E-state index contributed by atoms with van der Waals surface area (Å²) >= 11 is 0. The quantitative estimate of drug-likeness (QED) is 0.756. The molecule has 7 nitrogen and oxygen atoms in total.